The summed E-state index contributed by atoms with van der Waals surface area (Å²) in [5.41, 5.74) is 6.54. The van der Waals surface area contributed by atoms with Crippen LogP contribution in [-0.4, -0.2) is 77.6 Å². The van der Waals surface area contributed by atoms with E-state index in [0.717, 1.165) is 83.3 Å². The molecule has 6 heterocycles. The van der Waals surface area contributed by atoms with Crippen LogP contribution in [-0.2, 0) is 17.6 Å². The molecule has 0 spiro atoms. The summed E-state index contributed by atoms with van der Waals surface area (Å²) in [6.45, 7) is 7.48. The maximum Gasteiger partial charge on any atom is 0.272 e. The number of likely N-dealkylation sites (tertiary alicyclic amines) is 1. The van der Waals surface area contributed by atoms with Gasteiger partial charge in [-0.15, -0.1) is 26.6 Å². The zero-order valence-corrected chi connectivity index (χ0v) is 36.2. The molecule has 16 heteroatoms. The molecule has 3 aliphatic rings. The fourth-order valence-corrected chi connectivity index (χ4v) is 10.1. The summed E-state index contributed by atoms with van der Waals surface area (Å²) in [6.07, 6.45) is 8.63. The van der Waals surface area contributed by atoms with Crippen LogP contribution in [0.5, 0.6) is 5.75 Å². The molecule has 2 aliphatic heterocycles. The largest absolute Gasteiger partial charge is 0.490 e. The van der Waals surface area contributed by atoms with Crippen molar-refractivity contribution in [2.75, 3.05) is 13.1 Å². The first kappa shape index (κ1) is 41.1. The molecule has 9 rings (SSSR count). The second-order valence-electron chi connectivity index (χ2n) is 16.2. The van der Waals surface area contributed by atoms with Crippen LogP contribution in [0.25, 0.3) is 5.00 Å². The van der Waals surface area contributed by atoms with E-state index in [4.69, 9.17) is 31.0 Å². The van der Waals surface area contributed by atoms with Gasteiger partial charge in [0.05, 0.1) is 47.1 Å². The number of rotatable bonds is 10. The molecule has 1 aliphatic carbocycles. The third-order valence-electron chi connectivity index (χ3n) is 12.2. The highest BCUT2D eigenvalue weighted by atomic mass is 35.5. The minimum atomic E-state index is -0.358. The number of nitriles is 1. The number of halogens is 1. The molecule has 1 atom stereocenters. The zero-order chi connectivity index (χ0) is 42.9. The monoisotopic (exact) mass is 868 g/mol. The summed E-state index contributed by atoms with van der Waals surface area (Å²) in [4.78, 5) is 39.5. The number of ether oxygens (including phenoxy) is 1. The van der Waals surface area contributed by atoms with Crippen molar-refractivity contribution in [2.24, 2.45) is 4.99 Å². The van der Waals surface area contributed by atoms with Crippen LogP contribution in [0.1, 0.15) is 117 Å². The molecule has 0 unspecified atom stereocenters. The number of benzene rings is 2. The summed E-state index contributed by atoms with van der Waals surface area (Å²) in [5.74, 6) is 2.78. The lowest BCUT2D eigenvalue weighted by Gasteiger charge is -2.31. The number of aryl methyl sites for hydroxylation is 2. The topological polar surface area (TPSA) is 177 Å². The van der Waals surface area contributed by atoms with E-state index in [1.807, 2.05) is 30.0 Å². The average molecular weight is 869 g/mol. The Bertz CT molecular complexity index is 2670. The lowest BCUT2D eigenvalue weighted by molar-refractivity contribution is -0.131. The number of piperidine rings is 1. The van der Waals surface area contributed by atoms with E-state index >= 15 is 0 Å². The highest BCUT2D eigenvalue weighted by molar-refractivity contribution is 7.15. The Kier molecular flexibility index (Phi) is 11.7. The van der Waals surface area contributed by atoms with Crippen molar-refractivity contribution >= 4 is 40.5 Å². The molecule has 0 bridgehead atoms. The molecule has 2 amide bonds. The van der Waals surface area contributed by atoms with Gasteiger partial charge in [0.1, 0.15) is 34.9 Å². The quantitative estimate of drug-likeness (QED) is 0.143. The number of thiophene rings is 1. The first-order chi connectivity index (χ1) is 30.1. The fourth-order valence-electron chi connectivity index (χ4n) is 8.65. The van der Waals surface area contributed by atoms with Gasteiger partial charge in [0, 0.05) is 47.1 Å². The van der Waals surface area contributed by atoms with E-state index in [0.29, 0.717) is 48.2 Å². The number of hydrogen-bond donors (Lipinski definition) is 1. The van der Waals surface area contributed by atoms with E-state index < -0.39 is 0 Å². The number of nitrogens with zero attached hydrogens (tertiary/aromatic N) is 9. The lowest BCUT2D eigenvalue weighted by atomic mass is 9.92. The van der Waals surface area contributed by atoms with Gasteiger partial charge in [-0.25, -0.2) is 4.98 Å². The summed E-state index contributed by atoms with van der Waals surface area (Å²) >= 11 is 7.87. The molecule has 6 aromatic rings. The first-order valence-electron chi connectivity index (χ1n) is 21.0. The summed E-state index contributed by atoms with van der Waals surface area (Å²) < 4.78 is 13.8. The van der Waals surface area contributed by atoms with Crippen molar-refractivity contribution in [3.8, 4) is 16.8 Å². The van der Waals surface area contributed by atoms with E-state index in [1.165, 1.54) is 10.4 Å². The molecule has 2 aromatic carbocycles. The van der Waals surface area contributed by atoms with E-state index in [9.17, 15) is 9.59 Å². The van der Waals surface area contributed by atoms with Crippen LogP contribution < -0.4 is 10.1 Å². The van der Waals surface area contributed by atoms with E-state index in [2.05, 4.69) is 67.3 Å². The average Bonchev–Trinajstić information content (AvgIpc) is 4.00. The van der Waals surface area contributed by atoms with E-state index in [1.54, 1.807) is 48.1 Å². The number of aliphatic imine (C=N–C) groups is 1. The third kappa shape index (κ3) is 8.49. The Morgan fingerprint density at radius 3 is 2.45 bits per heavy atom. The summed E-state index contributed by atoms with van der Waals surface area (Å²) in [6, 6.07) is 18.6. The highest BCUT2D eigenvalue weighted by Gasteiger charge is 2.33. The number of carbonyl (C=O) groups is 2. The second kappa shape index (κ2) is 17.6. The lowest BCUT2D eigenvalue weighted by Crippen LogP contribution is -2.40. The molecular formula is C46H45ClN10O4S. The summed E-state index contributed by atoms with van der Waals surface area (Å²) in [5, 5.41) is 31.4. The molecule has 14 nitrogen and oxygen atoms in total. The number of amides is 2. The van der Waals surface area contributed by atoms with Crippen molar-refractivity contribution < 1.29 is 18.7 Å². The van der Waals surface area contributed by atoms with Crippen LogP contribution in [0.4, 0.5) is 0 Å². The number of carbonyl (C=O) groups excluding carboxylic acids is 2. The minimum Gasteiger partial charge on any atom is -0.490 e. The number of hydrogen-bond acceptors (Lipinski definition) is 12. The van der Waals surface area contributed by atoms with Gasteiger partial charge in [-0.2, -0.15) is 10.4 Å². The number of fused-ring (bicyclic) bond motifs is 3. The van der Waals surface area contributed by atoms with Gasteiger partial charge in [-0.1, -0.05) is 35.9 Å². The Morgan fingerprint density at radius 2 is 1.76 bits per heavy atom. The van der Waals surface area contributed by atoms with Crippen molar-refractivity contribution in [1.29, 1.82) is 5.26 Å². The SMILES string of the molecule is Cc1sc2c(c1C)C(c1ccc(CC(=O)N3CCC(c4ccc(C(=O)NC5CCC(Oc6ccc(C#N)c(Cl)c6)CC5)nn4)CC3)cc1)=N[C@H](Cc1ncco1)c1nnc(C)n1-2. The van der Waals surface area contributed by atoms with Gasteiger partial charge < -0.3 is 19.4 Å². The van der Waals surface area contributed by atoms with Crippen LogP contribution in [0.2, 0.25) is 5.02 Å². The van der Waals surface area contributed by atoms with Crippen LogP contribution in [0.15, 0.2) is 76.5 Å². The molecule has 1 saturated heterocycles. The Hall–Kier alpha value is -6.24. The molecular weight excluding hydrogens is 824 g/mol. The minimum absolute atomic E-state index is 0.0125. The first-order valence-corrected chi connectivity index (χ1v) is 22.2. The van der Waals surface area contributed by atoms with Gasteiger partial charge in [-0.05, 0) is 94.7 Å². The molecule has 4 aromatic heterocycles. The van der Waals surface area contributed by atoms with Gasteiger partial charge >= 0.3 is 0 Å². The maximum absolute atomic E-state index is 13.6. The highest BCUT2D eigenvalue weighted by Crippen LogP contribution is 2.40. The molecule has 316 valence electrons. The Morgan fingerprint density at radius 1 is 0.968 bits per heavy atom. The maximum atomic E-state index is 13.6. The van der Waals surface area contributed by atoms with Crippen molar-refractivity contribution in [3.63, 3.8) is 0 Å². The molecule has 2 fully saturated rings. The van der Waals surface area contributed by atoms with Crippen LogP contribution in [0, 0.1) is 32.1 Å². The number of nitrogens with one attached hydrogen (secondary N) is 1. The van der Waals surface area contributed by atoms with Crippen LogP contribution >= 0.6 is 22.9 Å². The second-order valence-corrected chi connectivity index (χ2v) is 17.8. The van der Waals surface area contributed by atoms with Gasteiger partial charge in [-0.3, -0.25) is 19.1 Å². The van der Waals surface area contributed by atoms with Gasteiger partial charge in [0.25, 0.3) is 5.91 Å². The molecule has 1 saturated carbocycles. The fraction of sp³-hybridized carbons (Fsp3) is 0.370. The predicted molar refractivity (Wildman–Crippen MR) is 233 cm³/mol. The smallest absolute Gasteiger partial charge is 0.272 e. The van der Waals surface area contributed by atoms with Gasteiger partial charge in [0.2, 0.25) is 5.91 Å². The molecule has 1 N–H and O–H groups in total. The normalized spacial score (nSPS) is 18.9. The standard InChI is InChI=1S/C46H45ClN10O4S/c1-26-27(2)62-46-42(26)43(51-39(24-40-49-18-21-60-40)44-55-52-28(3)57(44)46)31-6-4-29(5-7-31)22-41(58)56-19-16-30(17-20-56)37-14-15-38(54-53-37)45(59)50-33-9-12-34(13-10-33)61-35-11-8-32(25-48)36(47)23-35/h4-8,11,14-15,18,21,23,30,33-34,39H,9-10,12-13,16-17,19-20,22,24H2,1-3H3,(H,50,59)/t33?,34?,39-/m1/s1. The number of aromatic nitrogens is 6. The van der Waals surface area contributed by atoms with Crippen LogP contribution in [0.3, 0.4) is 0 Å². The molecule has 0 radical (unpaired) electrons. The molecule has 62 heavy (non-hydrogen) atoms. The number of oxazole rings is 1. The van der Waals surface area contributed by atoms with Crippen molar-refractivity contribution in [2.45, 2.75) is 96.2 Å². The van der Waals surface area contributed by atoms with E-state index in [-0.39, 0.29) is 41.6 Å². The zero-order valence-electron chi connectivity index (χ0n) is 34.7. The Balaban J connectivity index is 0.780. The summed E-state index contributed by atoms with van der Waals surface area (Å²) in [7, 11) is 0. The van der Waals surface area contributed by atoms with Crippen molar-refractivity contribution in [1.82, 2.24) is 40.2 Å². The predicted octanol–water partition coefficient (Wildman–Crippen LogP) is 7.76. The Labute approximate surface area is 368 Å². The van der Waals surface area contributed by atoms with Gasteiger partial charge in [0.15, 0.2) is 17.4 Å². The third-order valence-corrected chi connectivity index (χ3v) is 13.7. The van der Waals surface area contributed by atoms with Crippen molar-refractivity contribution in [3.05, 3.63) is 134 Å².